The molecule has 2 saturated heterocycles. The number of carbonyl (C=O) groups is 2. The third-order valence-electron chi connectivity index (χ3n) is 8.33. The quantitative estimate of drug-likeness (QED) is 0.502. The van der Waals surface area contributed by atoms with E-state index in [4.69, 9.17) is 0 Å². The van der Waals surface area contributed by atoms with Crippen LogP contribution in [0.4, 0.5) is 22.0 Å². The van der Waals surface area contributed by atoms with Gasteiger partial charge in [-0.25, -0.2) is 8.78 Å². The average Bonchev–Trinajstić information content (AvgIpc) is 2.88. The Balaban J connectivity index is 1.48. The number of piperidine rings is 2. The van der Waals surface area contributed by atoms with Gasteiger partial charge in [-0.1, -0.05) is 26.0 Å². The molecule has 1 spiro atoms. The van der Waals surface area contributed by atoms with Crippen LogP contribution in [-0.2, 0) is 11.0 Å². The first kappa shape index (κ1) is 29.0. The molecule has 2 aliphatic rings. The van der Waals surface area contributed by atoms with Crippen molar-refractivity contribution in [1.29, 1.82) is 0 Å². The molecule has 4 rings (SSSR count). The van der Waals surface area contributed by atoms with Gasteiger partial charge in [-0.2, -0.15) is 13.2 Å². The molecule has 1 N–H and O–H groups in total. The van der Waals surface area contributed by atoms with Crippen LogP contribution in [0.25, 0.3) is 0 Å². The van der Waals surface area contributed by atoms with Crippen molar-refractivity contribution in [3.63, 3.8) is 0 Å². The number of likely N-dealkylation sites (tertiary alicyclic amines) is 2. The Kier molecular flexibility index (Phi) is 8.35. The van der Waals surface area contributed by atoms with E-state index < -0.39 is 35.1 Å². The highest BCUT2D eigenvalue weighted by Crippen LogP contribution is 2.50. The summed E-state index contributed by atoms with van der Waals surface area (Å²) >= 11 is 0. The van der Waals surface area contributed by atoms with Gasteiger partial charge in [-0.05, 0) is 80.1 Å². The Morgan fingerprint density at radius 1 is 0.974 bits per heavy atom. The van der Waals surface area contributed by atoms with Crippen molar-refractivity contribution >= 4 is 11.8 Å². The van der Waals surface area contributed by atoms with Crippen molar-refractivity contribution in [2.24, 2.45) is 11.3 Å². The minimum Gasteiger partial charge on any atom is -0.341 e. The van der Waals surface area contributed by atoms with Gasteiger partial charge < -0.3 is 15.1 Å². The molecule has 0 aromatic heterocycles. The molecule has 2 fully saturated rings. The Morgan fingerprint density at radius 2 is 1.59 bits per heavy atom. The summed E-state index contributed by atoms with van der Waals surface area (Å²) < 4.78 is 67.2. The monoisotopic (exact) mass is 551 g/mol. The lowest BCUT2D eigenvalue weighted by Crippen LogP contribution is -2.56. The largest absolute Gasteiger partial charge is 0.416 e. The molecule has 39 heavy (non-hydrogen) atoms. The van der Waals surface area contributed by atoms with Crippen LogP contribution < -0.4 is 5.32 Å². The van der Waals surface area contributed by atoms with Crippen LogP contribution in [0.2, 0.25) is 0 Å². The number of hydrogen-bond donors (Lipinski definition) is 1. The molecule has 212 valence electrons. The van der Waals surface area contributed by atoms with Gasteiger partial charge in [0.05, 0.1) is 11.1 Å². The lowest BCUT2D eigenvalue weighted by molar-refractivity contribution is -0.138. The summed E-state index contributed by atoms with van der Waals surface area (Å²) in [5, 5.41) is 2.49. The van der Waals surface area contributed by atoms with Crippen molar-refractivity contribution in [3.8, 4) is 0 Å². The number of carbonyl (C=O) groups excluding carboxylic acids is 2. The number of benzene rings is 2. The zero-order chi connectivity index (χ0) is 28.5. The SMILES string of the molecule is CC(C)[C@@H](NC(=O)c1cc(C(F)(F)F)ccc1F)C(=O)N1CCC2(CCN(C)CC2c2ccc(F)cc2)CC1. The van der Waals surface area contributed by atoms with Crippen molar-refractivity contribution in [2.45, 2.75) is 51.2 Å². The second kappa shape index (κ2) is 11.2. The highest BCUT2D eigenvalue weighted by atomic mass is 19.4. The van der Waals surface area contributed by atoms with Crippen LogP contribution in [0.15, 0.2) is 42.5 Å². The third-order valence-corrected chi connectivity index (χ3v) is 8.33. The van der Waals surface area contributed by atoms with Crippen molar-refractivity contribution in [2.75, 3.05) is 33.2 Å². The number of alkyl halides is 3. The molecule has 0 aliphatic carbocycles. The Morgan fingerprint density at radius 3 is 2.18 bits per heavy atom. The topological polar surface area (TPSA) is 52.7 Å². The molecule has 2 heterocycles. The average molecular weight is 552 g/mol. The van der Waals surface area contributed by atoms with Gasteiger partial charge in [0, 0.05) is 25.6 Å². The number of nitrogens with zero attached hydrogens (tertiary/aromatic N) is 2. The minimum atomic E-state index is -4.74. The smallest absolute Gasteiger partial charge is 0.341 e. The summed E-state index contributed by atoms with van der Waals surface area (Å²) in [6.45, 7) is 6.09. The molecule has 0 saturated carbocycles. The number of nitrogens with one attached hydrogen (secondary N) is 1. The molecule has 2 aromatic carbocycles. The van der Waals surface area contributed by atoms with E-state index in [1.54, 1.807) is 18.7 Å². The van der Waals surface area contributed by atoms with E-state index in [1.165, 1.54) is 12.1 Å². The van der Waals surface area contributed by atoms with Gasteiger partial charge in [0.15, 0.2) is 0 Å². The van der Waals surface area contributed by atoms with Gasteiger partial charge in [0.2, 0.25) is 5.91 Å². The standard InChI is InChI=1S/C29H34F5N3O2/c1-18(2)25(35-26(38)22-16-20(29(32,33)34)6-9-24(22)31)27(39)37-14-11-28(12-15-37)10-13-36(3)17-23(28)19-4-7-21(30)8-5-19/h4-9,16,18,23,25H,10-15,17H2,1-3H3,(H,35,38)/t23?,25-/m1/s1. The second-order valence-corrected chi connectivity index (χ2v) is 11.2. The van der Waals surface area contributed by atoms with E-state index in [9.17, 15) is 31.5 Å². The third kappa shape index (κ3) is 6.26. The number of rotatable bonds is 5. The number of halogens is 5. The minimum absolute atomic E-state index is 0.0567. The van der Waals surface area contributed by atoms with Crippen molar-refractivity contribution < 1.29 is 31.5 Å². The number of likely N-dealkylation sites (N-methyl/N-ethyl adjacent to an activating group) is 1. The predicted molar refractivity (Wildman–Crippen MR) is 137 cm³/mol. The van der Waals surface area contributed by atoms with E-state index in [0.717, 1.165) is 37.9 Å². The number of amides is 2. The molecule has 2 amide bonds. The zero-order valence-corrected chi connectivity index (χ0v) is 22.3. The summed E-state index contributed by atoms with van der Waals surface area (Å²) in [5.41, 5.74) is -0.886. The summed E-state index contributed by atoms with van der Waals surface area (Å²) in [5.74, 6) is -2.98. The highest BCUT2D eigenvalue weighted by Gasteiger charge is 2.46. The number of hydrogen-bond acceptors (Lipinski definition) is 3. The second-order valence-electron chi connectivity index (χ2n) is 11.2. The molecule has 10 heteroatoms. The fourth-order valence-corrected chi connectivity index (χ4v) is 5.91. The molecule has 2 aromatic rings. The molecule has 2 aliphatic heterocycles. The fourth-order valence-electron chi connectivity index (χ4n) is 5.91. The fraction of sp³-hybridized carbons (Fsp3) is 0.517. The van der Waals surface area contributed by atoms with E-state index >= 15 is 0 Å². The van der Waals surface area contributed by atoms with Crippen LogP contribution in [0, 0.1) is 23.0 Å². The van der Waals surface area contributed by atoms with E-state index in [1.807, 2.05) is 12.1 Å². The van der Waals surface area contributed by atoms with Crippen LogP contribution in [0.5, 0.6) is 0 Å². The van der Waals surface area contributed by atoms with E-state index in [0.29, 0.717) is 31.3 Å². The first-order valence-electron chi connectivity index (χ1n) is 13.2. The predicted octanol–water partition coefficient (Wildman–Crippen LogP) is 5.47. The van der Waals surface area contributed by atoms with Gasteiger partial charge >= 0.3 is 6.18 Å². The maximum atomic E-state index is 14.3. The van der Waals surface area contributed by atoms with Crippen molar-refractivity contribution in [3.05, 3.63) is 70.8 Å². The first-order chi connectivity index (χ1) is 18.3. The normalized spacial score (nSPS) is 20.7. The van der Waals surface area contributed by atoms with Gasteiger partial charge in [-0.3, -0.25) is 9.59 Å². The van der Waals surface area contributed by atoms with Gasteiger partial charge in [0.1, 0.15) is 17.7 Å². The Bertz CT molecular complexity index is 1190. The van der Waals surface area contributed by atoms with Gasteiger partial charge in [-0.15, -0.1) is 0 Å². The van der Waals surface area contributed by atoms with Crippen LogP contribution in [0.1, 0.15) is 60.5 Å². The molecule has 5 nitrogen and oxygen atoms in total. The summed E-state index contributed by atoms with van der Waals surface area (Å²) in [7, 11) is 2.06. The molecule has 2 atom stereocenters. The highest BCUT2D eigenvalue weighted by molar-refractivity contribution is 5.98. The molecule has 1 unspecified atom stereocenters. The zero-order valence-electron chi connectivity index (χ0n) is 22.3. The molecular weight excluding hydrogens is 517 g/mol. The Hall–Kier alpha value is -3.01. The molecule has 0 bridgehead atoms. The maximum Gasteiger partial charge on any atom is 0.416 e. The van der Waals surface area contributed by atoms with Crippen LogP contribution >= 0.6 is 0 Å². The van der Waals surface area contributed by atoms with E-state index in [2.05, 4.69) is 17.3 Å². The lowest BCUT2D eigenvalue weighted by Gasteiger charge is -2.52. The lowest BCUT2D eigenvalue weighted by atomic mass is 9.62. The van der Waals surface area contributed by atoms with Crippen LogP contribution in [-0.4, -0.2) is 60.9 Å². The Labute approximate surface area is 225 Å². The summed E-state index contributed by atoms with van der Waals surface area (Å²) in [6.07, 6.45) is -2.34. The van der Waals surface area contributed by atoms with Crippen molar-refractivity contribution in [1.82, 2.24) is 15.1 Å². The molecular formula is C29H34F5N3O2. The van der Waals surface area contributed by atoms with E-state index in [-0.39, 0.29) is 29.0 Å². The summed E-state index contributed by atoms with van der Waals surface area (Å²) in [6, 6.07) is 7.22. The molecule has 0 radical (unpaired) electrons. The summed E-state index contributed by atoms with van der Waals surface area (Å²) in [4.78, 5) is 30.3. The van der Waals surface area contributed by atoms with Crippen LogP contribution in [0.3, 0.4) is 0 Å². The maximum absolute atomic E-state index is 14.3. The first-order valence-corrected chi connectivity index (χ1v) is 13.2. The van der Waals surface area contributed by atoms with Gasteiger partial charge in [0.25, 0.3) is 5.91 Å².